The molecule has 4 aromatic rings. The van der Waals surface area contributed by atoms with Crippen LogP contribution in [0.1, 0.15) is 32.4 Å². The Bertz CT molecular complexity index is 1310. The van der Waals surface area contributed by atoms with Gasteiger partial charge in [-0.25, -0.2) is 4.98 Å². The lowest BCUT2D eigenvalue weighted by Crippen LogP contribution is -2.48. The van der Waals surface area contributed by atoms with Gasteiger partial charge in [0.05, 0.1) is 11.7 Å². The number of nitrogens with one attached hydrogen (secondary N) is 1. The number of hydrogen-bond acceptors (Lipinski definition) is 7. The van der Waals surface area contributed by atoms with Crippen LogP contribution in [0.5, 0.6) is 0 Å². The first-order chi connectivity index (χ1) is 16.0. The van der Waals surface area contributed by atoms with E-state index in [9.17, 15) is 4.79 Å². The summed E-state index contributed by atoms with van der Waals surface area (Å²) in [6.07, 6.45) is 3.70. The van der Waals surface area contributed by atoms with E-state index in [4.69, 9.17) is 9.97 Å². The second-order valence-corrected chi connectivity index (χ2v) is 8.67. The predicted octanol–water partition coefficient (Wildman–Crippen LogP) is 3.24. The molecular weight excluding hydrogens is 416 g/mol. The van der Waals surface area contributed by atoms with Gasteiger partial charge in [0.2, 0.25) is 11.9 Å². The summed E-state index contributed by atoms with van der Waals surface area (Å²) in [5.41, 5.74) is 3.76. The molecule has 1 aliphatic rings. The first-order valence-corrected chi connectivity index (χ1v) is 11.3. The summed E-state index contributed by atoms with van der Waals surface area (Å²) in [5, 5.41) is 9.19. The van der Waals surface area contributed by atoms with Crippen molar-refractivity contribution in [3.05, 3.63) is 48.3 Å². The number of hydrogen-bond donors (Lipinski definition) is 1. The fourth-order valence-corrected chi connectivity index (χ4v) is 4.23. The van der Waals surface area contributed by atoms with Crippen molar-refractivity contribution < 1.29 is 4.79 Å². The van der Waals surface area contributed by atoms with E-state index in [1.165, 1.54) is 0 Å². The smallest absolute Gasteiger partial charge is 0.228 e. The van der Waals surface area contributed by atoms with E-state index in [1.54, 1.807) is 13.1 Å². The summed E-state index contributed by atoms with van der Waals surface area (Å²) in [5.74, 6) is 1.52. The number of nitrogens with zero attached hydrogens (tertiary/aromatic N) is 7. The van der Waals surface area contributed by atoms with Crippen LogP contribution in [-0.4, -0.2) is 61.7 Å². The number of fused-ring (bicyclic) bond motifs is 2. The third-order valence-electron chi connectivity index (χ3n) is 6.04. The van der Waals surface area contributed by atoms with Gasteiger partial charge in [-0.2, -0.15) is 10.1 Å². The summed E-state index contributed by atoms with van der Waals surface area (Å²) in [6.45, 7) is 9.15. The van der Waals surface area contributed by atoms with Crippen LogP contribution >= 0.6 is 0 Å². The van der Waals surface area contributed by atoms with Crippen LogP contribution in [0, 0.1) is 0 Å². The highest BCUT2D eigenvalue weighted by atomic mass is 16.2. The molecule has 9 nitrogen and oxygen atoms in total. The largest absolute Gasteiger partial charge is 0.364 e. The molecular formula is C24H28N8O. The molecule has 1 amide bonds. The third-order valence-corrected chi connectivity index (χ3v) is 6.04. The minimum Gasteiger partial charge on any atom is -0.364 e. The van der Waals surface area contributed by atoms with Crippen molar-refractivity contribution in [1.82, 2.24) is 29.6 Å². The quantitative estimate of drug-likeness (QED) is 0.505. The number of benzene rings is 1. The second-order valence-electron chi connectivity index (χ2n) is 8.67. The monoisotopic (exact) mass is 444 g/mol. The van der Waals surface area contributed by atoms with E-state index < -0.39 is 0 Å². The maximum atomic E-state index is 11.7. The van der Waals surface area contributed by atoms with Crippen molar-refractivity contribution in [2.45, 2.75) is 33.4 Å². The van der Waals surface area contributed by atoms with Crippen LogP contribution in [0.15, 0.2) is 42.7 Å². The number of carbonyl (C=O) groups is 1. The molecule has 1 fully saturated rings. The number of aromatic nitrogens is 5. The summed E-state index contributed by atoms with van der Waals surface area (Å²) in [6, 6.07) is 10.4. The summed E-state index contributed by atoms with van der Waals surface area (Å²) < 4.78 is 1.95. The molecule has 3 aromatic heterocycles. The molecule has 0 atom stereocenters. The normalized spacial score (nSPS) is 14.4. The van der Waals surface area contributed by atoms with Crippen molar-refractivity contribution in [2.24, 2.45) is 0 Å². The molecule has 0 aliphatic carbocycles. The minimum absolute atomic E-state index is 0.107. The highest BCUT2D eigenvalue weighted by molar-refractivity contribution is 5.87. The van der Waals surface area contributed by atoms with Gasteiger partial charge in [-0.1, -0.05) is 18.2 Å². The van der Waals surface area contributed by atoms with E-state index in [0.29, 0.717) is 38.7 Å². The highest BCUT2D eigenvalue weighted by Gasteiger charge is 2.23. The van der Waals surface area contributed by atoms with Crippen LogP contribution in [-0.2, 0) is 11.3 Å². The van der Waals surface area contributed by atoms with Gasteiger partial charge in [-0.15, -0.1) is 0 Å². The Hall–Kier alpha value is -3.75. The Morgan fingerprint density at radius 2 is 1.85 bits per heavy atom. The third kappa shape index (κ3) is 4.18. The van der Waals surface area contributed by atoms with E-state index in [2.05, 4.69) is 46.3 Å². The minimum atomic E-state index is 0.107. The van der Waals surface area contributed by atoms with Crippen molar-refractivity contribution in [3.63, 3.8) is 0 Å². The van der Waals surface area contributed by atoms with Crippen molar-refractivity contribution in [1.29, 1.82) is 0 Å². The SMILES string of the molecule is CC(=O)N1CCN(c2nc(NCc3cnc4ccccc4c3)c3c(cnn3C(C)C)n2)CC1. The fraction of sp³-hybridized carbons (Fsp3) is 0.375. The van der Waals surface area contributed by atoms with Gasteiger partial charge in [0.1, 0.15) is 11.0 Å². The average Bonchev–Trinajstić information content (AvgIpc) is 3.27. The van der Waals surface area contributed by atoms with E-state index >= 15 is 0 Å². The molecule has 1 N–H and O–H groups in total. The van der Waals surface area contributed by atoms with Gasteiger partial charge < -0.3 is 15.1 Å². The van der Waals surface area contributed by atoms with Crippen LogP contribution in [0.2, 0.25) is 0 Å². The Morgan fingerprint density at radius 3 is 2.61 bits per heavy atom. The lowest BCUT2D eigenvalue weighted by Gasteiger charge is -2.34. The van der Waals surface area contributed by atoms with Crippen LogP contribution < -0.4 is 10.2 Å². The first-order valence-electron chi connectivity index (χ1n) is 11.3. The molecule has 1 aromatic carbocycles. The van der Waals surface area contributed by atoms with Crippen molar-refractivity contribution in [2.75, 3.05) is 36.4 Å². The second kappa shape index (κ2) is 8.65. The van der Waals surface area contributed by atoms with Gasteiger partial charge >= 0.3 is 0 Å². The van der Waals surface area contributed by atoms with Crippen LogP contribution in [0.4, 0.5) is 11.8 Å². The number of amides is 1. The molecule has 5 rings (SSSR count). The summed E-state index contributed by atoms with van der Waals surface area (Å²) in [4.78, 5) is 30.0. The van der Waals surface area contributed by atoms with E-state index in [1.807, 2.05) is 34.0 Å². The summed E-state index contributed by atoms with van der Waals surface area (Å²) in [7, 11) is 0. The lowest BCUT2D eigenvalue weighted by molar-refractivity contribution is -0.129. The van der Waals surface area contributed by atoms with Gasteiger partial charge in [0.25, 0.3) is 0 Å². The maximum Gasteiger partial charge on any atom is 0.228 e. The first kappa shape index (κ1) is 21.1. The zero-order valence-corrected chi connectivity index (χ0v) is 19.2. The molecule has 0 bridgehead atoms. The molecule has 0 saturated carbocycles. The number of para-hydroxylation sites is 1. The standard InChI is InChI=1S/C24H28N8O/c1-16(2)32-22-21(15-27-32)28-24(31-10-8-30(9-11-31)17(3)33)29-23(22)26-14-18-12-19-6-4-5-7-20(19)25-13-18/h4-7,12-13,15-16H,8-11,14H2,1-3H3,(H,26,28,29). The molecule has 33 heavy (non-hydrogen) atoms. The molecule has 0 unspecified atom stereocenters. The molecule has 0 spiro atoms. The Kier molecular flexibility index (Phi) is 5.53. The van der Waals surface area contributed by atoms with Crippen LogP contribution in [0.3, 0.4) is 0 Å². The predicted molar refractivity (Wildman–Crippen MR) is 129 cm³/mol. The number of pyridine rings is 1. The zero-order chi connectivity index (χ0) is 22.9. The molecule has 1 aliphatic heterocycles. The lowest BCUT2D eigenvalue weighted by atomic mass is 10.1. The molecule has 170 valence electrons. The van der Waals surface area contributed by atoms with Gasteiger partial charge in [-0.05, 0) is 31.5 Å². The number of rotatable bonds is 5. The van der Waals surface area contributed by atoms with E-state index in [0.717, 1.165) is 33.3 Å². The van der Waals surface area contributed by atoms with Gasteiger partial charge in [0.15, 0.2) is 5.82 Å². The number of carbonyl (C=O) groups excluding carboxylic acids is 1. The molecule has 1 saturated heterocycles. The van der Waals surface area contributed by atoms with E-state index in [-0.39, 0.29) is 11.9 Å². The molecule has 4 heterocycles. The topological polar surface area (TPSA) is 92.1 Å². The van der Waals surface area contributed by atoms with Crippen molar-refractivity contribution >= 4 is 39.6 Å². The molecule has 9 heteroatoms. The number of anilines is 2. The maximum absolute atomic E-state index is 11.7. The fourth-order valence-electron chi connectivity index (χ4n) is 4.23. The Morgan fingerprint density at radius 1 is 1.06 bits per heavy atom. The van der Waals surface area contributed by atoms with Gasteiger partial charge in [0, 0.05) is 57.3 Å². The number of piperazine rings is 1. The highest BCUT2D eigenvalue weighted by Crippen LogP contribution is 2.27. The Balaban J connectivity index is 1.46. The molecule has 0 radical (unpaired) electrons. The average molecular weight is 445 g/mol. The van der Waals surface area contributed by atoms with Crippen LogP contribution in [0.25, 0.3) is 21.9 Å². The summed E-state index contributed by atoms with van der Waals surface area (Å²) >= 11 is 0. The van der Waals surface area contributed by atoms with Gasteiger partial charge in [-0.3, -0.25) is 14.5 Å². The Labute approximate surface area is 192 Å². The zero-order valence-electron chi connectivity index (χ0n) is 19.2. The van der Waals surface area contributed by atoms with Crippen molar-refractivity contribution in [3.8, 4) is 0 Å².